The van der Waals surface area contributed by atoms with Gasteiger partial charge in [0.05, 0.1) is 18.9 Å². The predicted octanol–water partition coefficient (Wildman–Crippen LogP) is 2.56. The minimum Gasteiger partial charge on any atom is -0.494 e. The number of rotatable bonds is 12. The Labute approximate surface area is 171 Å². The van der Waals surface area contributed by atoms with Gasteiger partial charge in [0, 0.05) is 27.2 Å². The second kappa shape index (κ2) is 11.9. The summed E-state index contributed by atoms with van der Waals surface area (Å²) in [6.45, 7) is 3.63. The number of hydrogen-bond donors (Lipinski definition) is 1. The van der Waals surface area contributed by atoms with E-state index in [0.29, 0.717) is 31.7 Å². The van der Waals surface area contributed by atoms with Gasteiger partial charge in [-0.25, -0.2) is 0 Å². The molecule has 2 rings (SSSR count). The first kappa shape index (κ1) is 22.5. The molecule has 1 aliphatic heterocycles. The van der Waals surface area contributed by atoms with Crippen molar-refractivity contribution in [1.82, 2.24) is 10.2 Å². The van der Waals surface area contributed by atoms with Crippen molar-refractivity contribution < 1.29 is 23.8 Å². The van der Waals surface area contributed by atoms with E-state index in [0.717, 1.165) is 24.3 Å². The smallest absolute Gasteiger partial charge is 0.234 e. The van der Waals surface area contributed by atoms with Crippen molar-refractivity contribution in [2.24, 2.45) is 0 Å². The predicted molar refractivity (Wildman–Crippen MR) is 109 cm³/mol. The number of hydrogen-bond acceptors (Lipinski definition) is 6. The van der Waals surface area contributed by atoms with Gasteiger partial charge in [-0.1, -0.05) is 19.1 Å². The van der Waals surface area contributed by atoms with Crippen molar-refractivity contribution in [2.45, 2.75) is 37.9 Å². The van der Waals surface area contributed by atoms with Crippen LogP contribution in [0.3, 0.4) is 0 Å². The second-order valence-corrected chi connectivity index (χ2v) is 7.55. The van der Waals surface area contributed by atoms with Crippen molar-refractivity contribution in [1.29, 1.82) is 0 Å². The molecule has 156 valence electrons. The van der Waals surface area contributed by atoms with E-state index in [4.69, 9.17) is 14.2 Å². The third-order valence-electron chi connectivity index (χ3n) is 4.39. The maximum absolute atomic E-state index is 12.2. The number of benzene rings is 1. The van der Waals surface area contributed by atoms with Gasteiger partial charge >= 0.3 is 0 Å². The van der Waals surface area contributed by atoms with Gasteiger partial charge in [0.15, 0.2) is 6.29 Å². The molecular formula is C20H30N2O5S. The summed E-state index contributed by atoms with van der Waals surface area (Å²) < 4.78 is 16.2. The van der Waals surface area contributed by atoms with E-state index in [2.05, 4.69) is 5.32 Å². The van der Waals surface area contributed by atoms with Gasteiger partial charge in [-0.2, -0.15) is 0 Å². The summed E-state index contributed by atoms with van der Waals surface area (Å²) in [7, 11) is 3.13. The van der Waals surface area contributed by atoms with Crippen LogP contribution in [0, 0.1) is 0 Å². The molecule has 1 aromatic carbocycles. The van der Waals surface area contributed by atoms with Crippen molar-refractivity contribution in [3.8, 4) is 5.75 Å². The van der Waals surface area contributed by atoms with E-state index in [9.17, 15) is 9.59 Å². The molecule has 1 saturated heterocycles. The van der Waals surface area contributed by atoms with Crippen LogP contribution in [-0.2, 0) is 19.1 Å². The summed E-state index contributed by atoms with van der Waals surface area (Å²) in [5.41, 5.74) is 1.04. The summed E-state index contributed by atoms with van der Waals surface area (Å²) in [5, 5.41) is 2.79. The zero-order valence-corrected chi connectivity index (χ0v) is 17.6. The van der Waals surface area contributed by atoms with Crippen LogP contribution >= 0.6 is 11.8 Å². The molecular weight excluding hydrogens is 380 g/mol. The Kier molecular flexibility index (Phi) is 9.60. The number of carbonyl (C=O) groups excluding carboxylic acids is 2. The zero-order valence-electron chi connectivity index (χ0n) is 16.8. The number of nitrogens with zero attached hydrogens (tertiary/aromatic N) is 1. The molecule has 8 heteroatoms. The van der Waals surface area contributed by atoms with Gasteiger partial charge < -0.3 is 24.4 Å². The van der Waals surface area contributed by atoms with Crippen LogP contribution in [0.5, 0.6) is 5.75 Å². The highest BCUT2D eigenvalue weighted by Gasteiger charge is 2.34. The third-order valence-corrected chi connectivity index (χ3v) is 5.65. The molecule has 0 spiro atoms. The highest BCUT2D eigenvalue weighted by molar-refractivity contribution is 8.00. The lowest BCUT2D eigenvalue weighted by Crippen LogP contribution is -2.37. The molecule has 0 bridgehead atoms. The number of thioether (sulfide) groups is 1. The molecule has 1 aromatic rings. The van der Waals surface area contributed by atoms with E-state index in [1.54, 1.807) is 30.9 Å². The van der Waals surface area contributed by atoms with Crippen molar-refractivity contribution in [2.75, 3.05) is 39.7 Å². The van der Waals surface area contributed by atoms with Crippen LogP contribution in [-0.4, -0.2) is 62.7 Å². The Balaban J connectivity index is 1.84. The molecule has 1 N–H and O–H groups in total. The lowest BCUT2D eigenvalue weighted by atomic mass is 10.2. The van der Waals surface area contributed by atoms with E-state index < -0.39 is 6.29 Å². The largest absolute Gasteiger partial charge is 0.494 e. The van der Waals surface area contributed by atoms with Crippen molar-refractivity contribution in [3.63, 3.8) is 0 Å². The molecule has 0 aromatic heterocycles. The van der Waals surface area contributed by atoms with Gasteiger partial charge in [0.1, 0.15) is 11.1 Å². The topological polar surface area (TPSA) is 77.1 Å². The lowest BCUT2D eigenvalue weighted by Gasteiger charge is -2.27. The van der Waals surface area contributed by atoms with Crippen molar-refractivity contribution in [3.05, 3.63) is 29.8 Å². The van der Waals surface area contributed by atoms with E-state index >= 15 is 0 Å². The Morgan fingerprint density at radius 1 is 1.29 bits per heavy atom. The zero-order chi connectivity index (χ0) is 20.4. The number of amides is 2. The first-order chi connectivity index (χ1) is 13.6. The van der Waals surface area contributed by atoms with Crippen LogP contribution < -0.4 is 10.1 Å². The highest BCUT2D eigenvalue weighted by Crippen LogP contribution is 2.39. The fourth-order valence-electron chi connectivity index (χ4n) is 2.84. The number of methoxy groups -OCH3 is 2. The van der Waals surface area contributed by atoms with E-state index in [-0.39, 0.29) is 17.2 Å². The normalized spacial score (nSPS) is 16.6. The Morgan fingerprint density at radius 2 is 2.00 bits per heavy atom. The number of carbonyl (C=O) groups is 2. The minimum atomic E-state index is -0.442. The Bertz CT molecular complexity index is 622. The maximum atomic E-state index is 12.2. The fraction of sp³-hybridized carbons (Fsp3) is 0.600. The summed E-state index contributed by atoms with van der Waals surface area (Å²) in [6, 6.07) is 7.75. The van der Waals surface area contributed by atoms with Crippen LogP contribution in [0.15, 0.2) is 24.3 Å². The Morgan fingerprint density at radius 3 is 2.64 bits per heavy atom. The number of ether oxygens (including phenoxy) is 3. The molecule has 1 atom stereocenters. The molecule has 1 aliphatic rings. The first-order valence-electron chi connectivity index (χ1n) is 9.55. The van der Waals surface area contributed by atoms with Gasteiger partial charge in [0.25, 0.3) is 0 Å². The average Bonchev–Trinajstić information content (AvgIpc) is 3.08. The second-order valence-electron chi connectivity index (χ2n) is 6.48. The molecule has 28 heavy (non-hydrogen) atoms. The molecule has 0 aliphatic carbocycles. The molecule has 0 saturated carbocycles. The van der Waals surface area contributed by atoms with Crippen LogP contribution in [0.1, 0.15) is 37.1 Å². The minimum absolute atomic E-state index is 0.0587. The lowest BCUT2D eigenvalue weighted by molar-refractivity contribution is -0.143. The Hall–Kier alpha value is -1.77. The fourth-order valence-corrected chi connectivity index (χ4v) is 4.04. The number of nitrogens with one attached hydrogen (secondary N) is 1. The van der Waals surface area contributed by atoms with Crippen LogP contribution in [0.2, 0.25) is 0 Å². The van der Waals surface area contributed by atoms with Gasteiger partial charge in [0.2, 0.25) is 11.8 Å². The monoisotopic (exact) mass is 410 g/mol. The molecule has 1 unspecified atom stereocenters. The molecule has 7 nitrogen and oxygen atoms in total. The van der Waals surface area contributed by atoms with Gasteiger partial charge in [-0.15, -0.1) is 11.8 Å². The highest BCUT2D eigenvalue weighted by atomic mass is 32.2. The average molecular weight is 411 g/mol. The summed E-state index contributed by atoms with van der Waals surface area (Å²) in [6.07, 6.45) is 1.64. The summed E-state index contributed by atoms with van der Waals surface area (Å²) in [4.78, 5) is 25.6. The first-order valence-corrected chi connectivity index (χ1v) is 10.6. The van der Waals surface area contributed by atoms with Crippen molar-refractivity contribution >= 4 is 23.6 Å². The standard InChI is InChI=1S/C20H30N2O5S/c1-4-11-21-17(23)6-5-12-27-16-9-7-15(8-10-16)20-22(18(24)14-28-20)13-19(25-2)26-3/h7-10,19-20H,4-6,11-14H2,1-3H3,(H,21,23). The maximum Gasteiger partial charge on any atom is 0.234 e. The SMILES string of the molecule is CCCNC(=O)CCCOc1ccc(C2SCC(=O)N2CC(OC)OC)cc1. The third kappa shape index (κ3) is 6.68. The quantitative estimate of drug-likeness (QED) is 0.422. The molecule has 1 heterocycles. The van der Waals surface area contributed by atoms with E-state index in [1.807, 2.05) is 31.2 Å². The summed E-state index contributed by atoms with van der Waals surface area (Å²) >= 11 is 1.59. The molecule has 0 radical (unpaired) electrons. The van der Waals surface area contributed by atoms with Crippen LogP contribution in [0.4, 0.5) is 0 Å². The van der Waals surface area contributed by atoms with Gasteiger partial charge in [-0.3, -0.25) is 9.59 Å². The van der Waals surface area contributed by atoms with Crippen LogP contribution in [0.25, 0.3) is 0 Å². The molecule has 2 amide bonds. The van der Waals surface area contributed by atoms with Gasteiger partial charge in [-0.05, 0) is 30.5 Å². The van der Waals surface area contributed by atoms with E-state index in [1.165, 1.54) is 0 Å². The molecule has 1 fully saturated rings. The summed E-state index contributed by atoms with van der Waals surface area (Å²) in [5.74, 6) is 1.35.